The average Bonchev–Trinajstić information content (AvgIpc) is 2.86. The van der Waals surface area contributed by atoms with Crippen LogP contribution in [-0.2, 0) is 4.79 Å². The molecule has 0 spiro atoms. The highest BCUT2D eigenvalue weighted by Gasteiger charge is 2.31. The number of para-hydroxylation sites is 1. The van der Waals surface area contributed by atoms with Crippen LogP contribution in [0.15, 0.2) is 18.2 Å². The number of carboxylic acids is 1. The Morgan fingerprint density at radius 2 is 1.92 bits per heavy atom. The third-order valence-electron chi connectivity index (χ3n) is 3.18. The number of nitrogens with zero attached hydrogens (tertiary/aromatic N) is 3. The summed E-state index contributed by atoms with van der Waals surface area (Å²) < 4.78 is 1.31. The van der Waals surface area contributed by atoms with Crippen molar-refractivity contribution in [3.63, 3.8) is 0 Å². The fraction of sp³-hybridized carbons (Fsp3) is 0.286. The maximum atomic E-state index is 12.1. The number of carbonyl (C=O) groups is 2. The standard InChI is InChI=1S/C14H14Cl2N4O4/c1-7-18-11(12(21)17-6-14(2,24)13(22)23)19-20(7)10-8(15)4-3-5-9(10)16/h3-5,24H,6H2,1-2H3,(H,17,21)(H,22,23). The molecule has 0 saturated carbocycles. The van der Waals surface area contributed by atoms with Crippen LogP contribution in [0.5, 0.6) is 0 Å². The summed E-state index contributed by atoms with van der Waals surface area (Å²) in [5.41, 5.74) is -1.72. The Hall–Kier alpha value is -2.16. The van der Waals surface area contributed by atoms with E-state index in [0.29, 0.717) is 21.6 Å². The van der Waals surface area contributed by atoms with Crippen molar-refractivity contribution in [3.05, 3.63) is 39.9 Å². The van der Waals surface area contributed by atoms with Crippen molar-refractivity contribution in [3.8, 4) is 5.69 Å². The summed E-state index contributed by atoms with van der Waals surface area (Å²) in [4.78, 5) is 26.9. The minimum absolute atomic E-state index is 0.204. The van der Waals surface area contributed by atoms with Gasteiger partial charge in [-0.2, -0.15) is 0 Å². The summed E-state index contributed by atoms with van der Waals surface area (Å²) in [5, 5.41) is 25.4. The molecule has 0 radical (unpaired) electrons. The third kappa shape index (κ3) is 3.66. The number of amides is 1. The van der Waals surface area contributed by atoms with Gasteiger partial charge in [0, 0.05) is 0 Å². The molecule has 128 valence electrons. The zero-order valence-electron chi connectivity index (χ0n) is 12.7. The van der Waals surface area contributed by atoms with Crippen LogP contribution in [0.2, 0.25) is 10.0 Å². The maximum absolute atomic E-state index is 12.1. The Labute approximate surface area is 147 Å². The number of aliphatic hydroxyl groups is 1. The molecule has 1 heterocycles. The van der Waals surface area contributed by atoms with Crippen molar-refractivity contribution in [2.45, 2.75) is 19.4 Å². The first kappa shape index (κ1) is 18.2. The molecule has 3 N–H and O–H groups in total. The van der Waals surface area contributed by atoms with Crippen molar-refractivity contribution in [1.29, 1.82) is 0 Å². The van der Waals surface area contributed by atoms with Crippen LogP contribution in [0.3, 0.4) is 0 Å². The van der Waals surface area contributed by atoms with E-state index in [1.54, 1.807) is 25.1 Å². The monoisotopic (exact) mass is 372 g/mol. The van der Waals surface area contributed by atoms with Crippen LogP contribution in [0.1, 0.15) is 23.4 Å². The lowest BCUT2D eigenvalue weighted by atomic mass is 10.1. The van der Waals surface area contributed by atoms with E-state index >= 15 is 0 Å². The number of halogens is 2. The second kappa shape index (κ2) is 6.76. The summed E-state index contributed by atoms with van der Waals surface area (Å²) >= 11 is 12.2. The van der Waals surface area contributed by atoms with E-state index in [2.05, 4.69) is 15.4 Å². The molecule has 10 heteroatoms. The van der Waals surface area contributed by atoms with Gasteiger partial charge in [0.05, 0.1) is 16.6 Å². The Morgan fingerprint density at radius 1 is 1.33 bits per heavy atom. The summed E-state index contributed by atoms with van der Waals surface area (Å²) in [5.74, 6) is -2.04. The maximum Gasteiger partial charge on any atom is 0.337 e. The zero-order chi connectivity index (χ0) is 18.1. The minimum atomic E-state index is -2.10. The summed E-state index contributed by atoms with van der Waals surface area (Å²) in [6.07, 6.45) is 0. The van der Waals surface area contributed by atoms with Crippen molar-refractivity contribution < 1.29 is 19.8 Å². The molecule has 8 nitrogen and oxygen atoms in total. The van der Waals surface area contributed by atoms with Crippen LogP contribution in [0.4, 0.5) is 0 Å². The van der Waals surface area contributed by atoms with Crippen molar-refractivity contribution >= 4 is 35.1 Å². The molecule has 0 saturated heterocycles. The normalized spacial score (nSPS) is 13.4. The first-order chi connectivity index (χ1) is 11.1. The van der Waals surface area contributed by atoms with Gasteiger partial charge in [-0.25, -0.2) is 14.5 Å². The van der Waals surface area contributed by atoms with Crippen molar-refractivity contribution in [2.75, 3.05) is 6.54 Å². The fourth-order valence-corrected chi connectivity index (χ4v) is 2.35. The first-order valence-electron chi connectivity index (χ1n) is 6.75. The molecule has 0 aliphatic rings. The van der Waals surface area contributed by atoms with Crippen LogP contribution in [0, 0.1) is 6.92 Å². The molecule has 0 bridgehead atoms. The SMILES string of the molecule is Cc1nc(C(=O)NCC(C)(O)C(=O)O)nn1-c1c(Cl)cccc1Cl. The predicted octanol–water partition coefficient (Wildman–Crippen LogP) is 1.45. The largest absolute Gasteiger partial charge is 0.479 e. The van der Waals surface area contributed by atoms with E-state index in [1.807, 2.05) is 0 Å². The Balaban J connectivity index is 2.26. The van der Waals surface area contributed by atoms with Crippen molar-refractivity contribution in [1.82, 2.24) is 20.1 Å². The van der Waals surface area contributed by atoms with Gasteiger partial charge in [-0.15, -0.1) is 5.10 Å². The van der Waals surface area contributed by atoms with Gasteiger partial charge in [-0.3, -0.25) is 4.79 Å². The lowest BCUT2D eigenvalue weighted by molar-refractivity contribution is -0.155. The van der Waals surface area contributed by atoms with E-state index in [9.17, 15) is 14.7 Å². The number of rotatable bonds is 5. The van der Waals surface area contributed by atoms with Crippen LogP contribution in [0.25, 0.3) is 5.69 Å². The van der Waals surface area contributed by atoms with Crippen molar-refractivity contribution in [2.24, 2.45) is 0 Å². The molecule has 2 aromatic rings. The molecule has 1 unspecified atom stereocenters. The van der Waals surface area contributed by atoms with Gasteiger partial charge in [0.2, 0.25) is 5.82 Å². The summed E-state index contributed by atoms with van der Waals surface area (Å²) in [6, 6.07) is 4.91. The molecular formula is C14H14Cl2N4O4. The van der Waals surface area contributed by atoms with Crippen LogP contribution < -0.4 is 5.32 Å². The number of aliphatic carboxylic acids is 1. The highest BCUT2D eigenvalue weighted by atomic mass is 35.5. The minimum Gasteiger partial charge on any atom is -0.479 e. The third-order valence-corrected chi connectivity index (χ3v) is 3.79. The smallest absolute Gasteiger partial charge is 0.337 e. The number of nitrogens with one attached hydrogen (secondary N) is 1. The molecule has 2 rings (SSSR count). The van der Waals surface area contributed by atoms with Gasteiger partial charge in [0.25, 0.3) is 5.91 Å². The second-order valence-electron chi connectivity index (χ2n) is 5.23. The molecule has 1 aromatic heterocycles. The number of hydrogen-bond donors (Lipinski definition) is 3. The topological polar surface area (TPSA) is 117 Å². The number of benzene rings is 1. The van der Waals surface area contributed by atoms with Gasteiger partial charge in [-0.05, 0) is 26.0 Å². The molecule has 0 aliphatic carbocycles. The number of carboxylic acid groups (broad SMARTS) is 1. The molecule has 1 amide bonds. The molecule has 1 aromatic carbocycles. The van der Waals surface area contributed by atoms with Gasteiger partial charge in [0.15, 0.2) is 5.60 Å². The van der Waals surface area contributed by atoms with E-state index in [1.165, 1.54) is 4.68 Å². The average molecular weight is 373 g/mol. The van der Waals surface area contributed by atoms with E-state index in [4.69, 9.17) is 28.3 Å². The van der Waals surface area contributed by atoms with Crippen LogP contribution >= 0.6 is 23.2 Å². The lowest BCUT2D eigenvalue weighted by Gasteiger charge is -2.17. The number of aryl methyl sites for hydroxylation is 1. The Kier molecular flexibility index (Phi) is 5.12. The predicted molar refractivity (Wildman–Crippen MR) is 86.7 cm³/mol. The number of carbonyl (C=O) groups excluding carboxylic acids is 1. The second-order valence-corrected chi connectivity index (χ2v) is 6.04. The fourth-order valence-electron chi connectivity index (χ4n) is 1.80. The zero-order valence-corrected chi connectivity index (χ0v) is 14.3. The Bertz CT molecular complexity index is 784. The number of hydrogen-bond acceptors (Lipinski definition) is 5. The van der Waals surface area contributed by atoms with Gasteiger partial charge < -0.3 is 15.5 Å². The van der Waals surface area contributed by atoms with E-state index in [-0.39, 0.29) is 5.82 Å². The first-order valence-corrected chi connectivity index (χ1v) is 7.51. The quantitative estimate of drug-likeness (QED) is 0.730. The van der Waals surface area contributed by atoms with Gasteiger partial charge >= 0.3 is 5.97 Å². The highest BCUT2D eigenvalue weighted by molar-refractivity contribution is 6.37. The molecule has 1 atom stereocenters. The van der Waals surface area contributed by atoms with E-state index < -0.39 is 24.0 Å². The van der Waals surface area contributed by atoms with Gasteiger partial charge in [0.1, 0.15) is 11.5 Å². The molecular weight excluding hydrogens is 359 g/mol. The van der Waals surface area contributed by atoms with E-state index in [0.717, 1.165) is 6.92 Å². The molecule has 0 aliphatic heterocycles. The number of aromatic nitrogens is 3. The molecule has 0 fully saturated rings. The molecule has 24 heavy (non-hydrogen) atoms. The summed E-state index contributed by atoms with van der Waals surface area (Å²) in [7, 11) is 0. The van der Waals surface area contributed by atoms with Crippen LogP contribution in [-0.4, -0.2) is 49.0 Å². The van der Waals surface area contributed by atoms with Gasteiger partial charge in [-0.1, -0.05) is 29.3 Å². The summed E-state index contributed by atoms with van der Waals surface area (Å²) in [6.45, 7) is 2.18. The highest BCUT2D eigenvalue weighted by Crippen LogP contribution is 2.28. The lowest BCUT2D eigenvalue weighted by Crippen LogP contribution is -2.46. The Morgan fingerprint density at radius 3 is 2.46 bits per heavy atom.